The van der Waals surface area contributed by atoms with Crippen molar-refractivity contribution in [1.29, 1.82) is 0 Å². The van der Waals surface area contributed by atoms with Crippen LogP contribution >= 0.6 is 0 Å². The first kappa shape index (κ1) is 60.0. The Morgan fingerprint density at radius 3 is 1.05 bits per heavy atom. The fourth-order valence-electron chi connectivity index (χ4n) is 6.46. The van der Waals surface area contributed by atoms with Crippen molar-refractivity contribution in [2.75, 3.05) is 19.8 Å². The normalized spacial score (nSPS) is 13.4. The number of carbonyl (C=O) groups is 2. The maximum absolute atomic E-state index is 12.8. The van der Waals surface area contributed by atoms with Gasteiger partial charge in [0.2, 0.25) is 0 Å². The minimum absolute atomic E-state index is 0.0396. The number of carbonyl (C=O) groups excluding carboxylic acids is 2. The third-order valence-corrected chi connectivity index (χ3v) is 10.2. The summed E-state index contributed by atoms with van der Waals surface area (Å²) in [6.45, 7) is 7.30. The van der Waals surface area contributed by atoms with Gasteiger partial charge in [-0.3, -0.25) is 9.59 Å². The zero-order valence-electron chi connectivity index (χ0n) is 41.2. The van der Waals surface area contributed by atoms with E-state index in [0.717, 1.165) is 141 Å². The van der Waals surface area contributed by atoms with E-state index < -0.39 is 6.10 Å². The van der Waals surface area contributed by atoms with Crippen LogP contribution in [0.3, 0.4) is 0 Å². The van der Waals surface area contributed by atoms with E-state index in [2.05, 4.69) is 154 Å². The maximum Gasteiger partial charge on any atom is 0.306 e. The number of allylic oxidation sites excluding steroid dienone is 22. The molecule has 0 radical (unpaired) electrons. The molecule has 1 atom stereocenters. The first-order chi connectivity index (χ1) is 31.6. The van der Waals surface area contributed by atoms with Gasteiger partial charge in [0, 0.05) is 19.4 Å². The SMILES string of the molecule is CC/C=C\C/C=C\C/C=C\C/C=C\CCCCCCCCC(=O)OCC(COCCC/C=C\C/C=C\C/C=C\C/C=C\CC)OC(=O)CCCCCCC/C=C\C/C=C\C/C=C\CC. The molecule has 0 amide bonds. The van der Waals surface area contributed by atoms with Crippen LogP contribution in [0.25, 0.3) is 0 Å². The van der Waals surface area contributed by atoms with E-state index in [1.165, 1.54) is 25.7 Å². The van der Waals surface area contributed by atoms with E-state index in [4.69, 9.17) is 14.2 Å². The number of hydrogen-bond donors (Lipinski definition) is 0. The molecule has 0 N–H and O–H groups in total. The molecule has 5 nitrogen and oxygen atoms in total. The topological polar surface area (TPSA) is 61.8 Å². The quantitative estimate of drug-likeness (QED) is 0.0346. The number of esters is 2. The zero-order chi connectivity index (χ0) is 46.3. The monoisotopic (exact) mass is 883 g/mol. The highest BCUT2D eigenvalue weighted by atomic mass is 16.6. The zero-order valence-corrected chi connectivity index (χ0v) is 41.2. The van der Waals surface area contributed by atoms with Crippen LogP contribution in [0.2, 0.25) is 0 Å². The third-order valence-electron chi connectivity index (χ3n) is 10.2. The third kappa shape index (κ3) is 50.7. The lowest BCUT2D eigenvalue weighted by Gasteiger charge is -2.18. The molecule has 0 aliphatic heterocycles. The summed E-state index contributed by atoms with van der Waals surface area (Å²) in [6.07, 6.45) is 76.1. The van der Waals surface area contributed by atoms with E-state index >= 15 is 0 Å². The molecule has 1 unspecified atom stereocenters. The van der Waals surface area contributed by atoms with E-state index in [-0.39, 0.29) is 25.2 Å². The van der Waals surface area contributed by atoms with Crippen molar-refractivity contribution in [3.8, 4) is 0 Å². The number of rotatable bonds is 45. The second-order valence-corrected chi connectivity index (χ2v) is 16.3. The van der Waals surface area contributed by atoms with Crippen LogP contribution in [0, 0.1) is 0 Å². The van der Waals surface area contributed by atoms with Crippen LogP contribution in [0.5, 0.6) is 0 Å². The van der Waals surface area contributed by atoms with Gasteiger partial charge in [0.05, 0.1) is 6.61 Å². The highest BCUT2D eigenvalue weighted by Gasteiger charge is 2.17. The van der Waals surface area contributed by atoms with Gasteiger partial charge in [-0.1, -0.05) is 199 Å². The van der Waals surface area contributed by atoms with Crippen LogP contribution < -0.4 is 0 Å². The average molecular weight is 883 g/mol. The van der Waals surface area contributed by atoms with E-state index in [0.29, 0.717) is 19.4 Å². The van der Waals surface area contributed by atoms with Gasteiger partial charge in [-0.25, -0.2) is 0 Å². The molecule has 5 heteroatoms. The Labute approximate surface area is 394 Å². The second kappa shape index (κ2) is 53.4. The Hall–Kier alpha value is -3.96. The van der Waals surface area contributed by atoms with Crippen molar-refractivity contribution in [3.05, 3.63) is 134 Å². The molecule has 0 spiro atoms. The Kier molecular flexibility index (Phi) is 50.1. The lowest BCUT2D eigenvalue weighted by molar-refractivity contribution is -0.163. The van der Waals surface area contributed by atoms with Crippen LogP contribution in [0.4, 0.5) is 0 Å². The summed E-state index contributed by atoms with van der Waals surface area (Å²) in [7, 11) is 0. The van der Waals surface area contributed by atoms with Gasteiger partial charge in [0.25, 0.3) is 0 Å². The standard InChI is InChI=1S/C59H94O5/c1-4-7-10-13-16-19-22-25-28-29-30-31-33-34-37-40-43-46-49-52-58(60)63-56-57(55-62-54-51-48-45-42-39-36-27-24-21-18-15-12-9-6-3)64-59(61)53-50-47-44-41-38-35-32-26-23-20-17-14-11-8-5-2/h7-12,16-21,25-28,30-32,36,42,45,57H,4-6,13-15,22-24,29,33-35,37-41,43-44,46-56H2,1-3H3/b10-7-,11-8-,12-9-,19-16-,20-17-,21-18-,28-25-,31-30-,32-26-,36-27-,45-42-. The number of ether oxygens (including phenoxy) is 3. The van der Waals surface area contributed by atoms with E-state index in [9.17, 15) is 9.59 Å². The maximum atomic E-state index is 12.8. The predicted molar refractivity (Wildman–Crippen MR) is 278 cm³/mol. The van der Waals surface area contributed by atoms with Crippen molar-refractivity contribution in [2.45, 2.75) is 207 Å². The van der Waals surface area contributed by atoms with Crippen molar-refractivity contribution < 1.29 is 23.8 Å². The van der Waals surface area contributed by atoms with Crippen LogP contribution in [-0.4, -0.2) is 37.9 Å². The van der Waals surface area contributed by atoms with Gasteiger partial charge in [0.15, 0.2) is 6.10 Å². The lowest BCUT2D eigenvalue weighted by Crippen LogP contribution is -2.30. The van der Waals surface area contributed by atoms with Crippen molar-refractivity contribution >= 4 is 11.9 Å². The largest absolute Gasteiger partial charge is 0.462 e. The molecule has 360 valence electrons. The molecule has 64 heavy (non-hydrogen) atoms. The molecule has 0 aromatic heterocycles. The molecule has 0 fully saturated rings. The molecule has 0 heterocycles. The molecular formula is C59H94O5. The Bertz CT molecular complexity index is 1370. The molecule has 0 rings (SSSR count). The smallest absolute Gasteiger partial charge is 0.306 e. The Balaban J connectivity index is 4.42. The van der Waals surface area contributed by atoms with Crippen LogP contribution in [-0.2, 0) is 23.8 Å². The van der Waals surface area contributed by atoms with Crippen molar-refractivity contribution in [1.82, 2.24) is 0 Å². The molecule has 0 aliphatic carbocycles. The Morgan fingerprint density at radius 1 is 0.344 bits per heavy atom. The molecular weight excluding hydrogens is 789 g/mol. The minimum atomic E-state index is -0.589. The number of hydrogen-bond acceptors (Lipinski definition) is 5. The van der Waals surface area contributed by atoms with Crippen molar-refractivity contribution in [2.24, 2.45) is 0 Å². The summed E-state index contributed by atoms with van der Waals surface area (Å²) in [5.41, 5.74) is 0. The average Bonchev–Trinajstić information content (AvgIpc) is 3.30. The highest BCUT2D eigenvalue weighted by Crippen LogP contribution is 2.12. The van der Waals surface area contributed by atoms with Gasteiger partial charge in [0.1, 0.15) is 6.61 Å². The summed E-state index contributed by atoms with van der Waals surface area (Å²) < 4.78 is 17.3. The highest BCUT2D eigenvalue weighted by molar-refractivity contribution is 5.70. The molecule has 0 saturated carbocycles. The molecule has 0 aliphatic rings. The summed E-state index contributed by atoms with van der Waals surface area (Å²) >= 11 is 0. The van der Waals surface area contributed by atoms with Gasteiger partial charge in [-0.15, -0.1) is 0 Å². The lowest BCUT2D eigenvalue weighted by atomic mass is 10.1. The fourth-order valence-corrected chi connectivity index (χ4v) is 6.46. The van der Waals surface area contributed by atoms with Gasteiger partial charge in [-0.2, -0.15) is 0 Å². The first-order valence-corrected chi connectivity index (χ1v) is 25.7. The van der Waals surface area contributed by atoms with Crippen LogP contribution in [0.15, 0.2) is 134 Å². The van der Waals surface area contributed by atoms with Crippen molar-refractivity contribution in [3.63, 3.8) is 0 Å². The van der Waals surface area contributed by atoms with Gasteiger partial charge >= 0.3 is 11.9 Å². The first-order valence-electron chi connectivity index (χ1n) is 25.7. The number of unbranched alkanes of at least 4 members (excludes halogenated alkanes) is 12. The van der Waals surface area contributed by atoms with E-state index in [1.54, 1.807) is 0 Å². The van der Waals surface area contributed by atoms with Gasteiger partial charge in [-0.05, 0) is 122 Å². The Morgan fingerprint density at radius 2 is 0.656 bits per heavy atom. The van der Waals surface area contributed by atoms with Crippen LogP contribution in [0.1, 0.15) is 201 Å². The summed E-state index contributed by atoms with van der Waals surface area (Å²) in [6, 6.07) is 0. The fraction of sp³-hybridized carbons (Fsp3) is 0.593. The summed E-state index contributed by atoms with van der Waals surface area (Å²) in [5, 5.41) is 0. The minimum Gasteiger partial charge on any atom is -0.462 e. The molecule has 0 aromatic rings. The molecule has 0 bridgehead atoms. The van der Waals surface area contributed by atoms with Gasteiger partial charge < -0.3 is 14.2 Å². The van der Waals surface area contributed by atoms with E-state index in [1.807, 2.05) is 0 Å². The summed E-state index contributed by atoms with van der Waals surface area (Å²) in [5.74, 6) is -0.474. The predicted octanol–water partition coefficient (Wildman–Crippen LogP) is 17.6. The molecule has 0 saturated heterocycles. The second-order valence-electron chi connectivity index (χ2n) is 16.3. The molecule has 0 aromatic carbocycles. The summed E-state index contributed by atoms with van der Waals surface area (Å²) in [4.78, 5) is 25.4.